The van der Waals surface area contributed by atoms with Crippen LogP contribution in [-0.2, 0) is 25.5 Å². The van der Waals surface area contributed by atoms with E-state index >= 15 is 0 Å². The quantitative estimate of drug-likeness (QED) is 0.180. The molecule has 1 atom stereocenters. The molecule has 7 rings (SSSR count). The van der Waals surface area contributed by atoms with E-state index in [0.29, 0.717) is 0 Å². The van der Waals surface area contributed by atoms with Gasteiger partial charge in [0.1, 0.15) is 11.4 Å². The van der Waals surface area contributed by atoms with Crippen LogP contribution in [0.3, 0.4) is 0 Å². The van der Waals surface area contributed by atoms with Crippen molar-refractivity contribution in [2.45, 2.75) is 5.41 Å². The fourth-order valence-corrected chi connectivity index (χ4v) is 5.73. The first-order valence-electron chi connectivity index (χ1n) is 14.5. The molecule has 6 aromatic rings. The molecule has 0 spiro atoms. The molecule has 0 saturated heterocycles. The summed E-state index contributed by atoms with van der Waals surface area (Å²) in [5.41, 5.74) is 6.70. The van der Waals surface area contributed by atoms with Crippen LogP contribution in [0.4, 0.5) is 11.4 Å². The minimum Gasteiger partial charge on any atom is -0.554 e. The number of nitrogens with zero attached hydrogens (tertiary/aromatic N) is 4. The second kappa shape index (κ2) is 14.4. The Morgan fingerprint density at radius 3 is 2.15 bits per heavy atom. The molecule has 1 aliphatic rings. The molecule has 0 fully saturated rings. The minimum atomic E-state index is -0.990. The van der Waals surface area contributed by atoms with Gasteiger partial charge >= 0.3 is 5.97 Å². The molecule has 3 aromatic heterocycles. The summed E-state index contributed by atoms with van der Waals surface area (Å²) in [7, 11) is 5.40. The number of pyridine rings is 3. The molecule has 237 valence electrons. The van der Waals surface area contributed by atoms with Gasteiger partial charge < -0.3 is 19.5 Å². The normalized spacial score (nSPS) is 14.3. The molecule has 1 aliphatic heterocycles. The van der Waals surface area contributed by atoms with Gasteiger partial charge in [-0.2, -0.15) is 6.07 Å². The Kier molecular flexibility index (Phi) is 10.1. The zero-order valence-corrected chi connectivity index (χ0v) is 28.2. The molecule has 0 amide bonds. The first-order valence-corrected chi connectivity index (χ1v) is 14.5. The van der Waals surface area contributed by atoms with Crippen LogP contribution in [0.5, 0.6) is 11.5 Å². The third-order valence-corrected chi connectivity index (χ3v) is 7.89. The van der Waals surface area contributed by atoms with Crippen LogP contribution in [0.15, 0.2) is 122 Å². The number of hydrogen-bond acceptors (Lipinski definition) is 7. The third kappa shape index (κ3) is 6.23. The average molecular weight is 799 g/mol. The molecular formula is C38H30IrN4O4-2. The fourth-order valence-electron chi connectivity index (χ4n) is 5.73. The fraction of sp³-hybridized carbons (Fsp3) is 0.105. The maximum Gasteiger partial charge on any atom is 0.354 e. The number of methoxy groups -OCH3 is 2. The van der Waals surface area contributed by atoms with Crippen LogP contribution in [0.1, 0.15) is 33.0 Å². The Morgan fingerprint density at radius 1 is 0.787 bits per heavy atom. The van der Waals surface area contributed by atoms with Gasteiger partial charge in [-0.3, -0.25) is 9.97 Å². The number of benzene rings is 3. The van der Waals surface area contributed by atoms with Gasteiger partial charge in [-0.05, 0) is 54.7 Å². The summed E-state index contributed by atoms with van der Waals surface area (Å²) >= 11 is 0. The van der Waals surface area contributed by atoms with Crippen molar-refractivity contribution in [1.29, 1.82) is 0 Å². The molecule has 3 aromatic carbocycles. The Hall–Kier alpha value is -5.37. The van der Waals surface area contributed by atoms with Crippen LogP contribution in [0.25, 0.3) is 11.3 Å². The summed E-state index contributed by atoms with van der Waals surface area (Å²) in [6.07, 6.45) is 3.28. The minimum absolute atomic E-state index is 0. The van der Waals surface area contributed by atoms with Crippen LogP contribution >= 0.6 is 0 Å². The molecule has 0 unspecified atom stereocenters. The van der Waals surface area contributed by atoms with E-state index in [1.165, 1.54) is 12.3 Å². The summed E-state index contributed by atoms with van der Waals surface area (Å²) < 4.78 is 11.2. The molecular weight excluding hydrogens is 769 g/mol. The monoisotopic (exact) mass is 799 g/mol. The van der Waals surface area contributed by atoms with E-state index in [0.717, 1.165) is 56.6 Å². The number of rotatable bonds is 6. The number of carbonyl (C=O) groups is 1. The summed E-state index contributed by atoms with van der Waals surface area (Å²) in [5.74, 6) is 0.513. The second-order valence-corrected chi connectivity index (χ2v) is 10.4. The molecule has 9 heteroatoms. The van der Waals surface area contributed by atoms with Crippen molar-refractivity contribution in [2.75, 3.05) is 26.2 Å². The average Bonchev–Trinajstić information content (AvgIpc) is 3.13. The topological polar surface area (TPSA) is 97.7 Å². The first kappa shape index (κ1) is 33.0. The van der Waals surface area contributed by atoms with Crippen LogP contribution in [-0.4, -0.2) is 47.3 Å². The van der Waals surface area contributed by atoms with Crippen molar-refractivity contribution >= 4 is 17.3 Å². The summed E-state index contributed by atoms with van der Waals surface area (Å²) in [5, 5.41) is 8.32. The van der Waals surface area contributed by atoms with Crippen molar-refractivity contribution in [3.63, 3.8) is 0 Å². The summed E-state index contributed by atoms with van der Waals surface area (Å²) in [6.45, 7) is 0. The predicted octanol–water partition coefficient (Wildman–Crippen LogP) is 7.00. The van der Waals surface area contributed by atoms with E-state index in [-0.39, 0.29) is 25.8 Å². The molecule has 0 bridgehead atoms. The Morgan fingerprint density at radius 2 is 1.51 bits per heavy atom. The van der Waals surface area contributed by atoms with Gasteiger partial charge in [-0.25, -0.2) is 9.78 Å². The maximum absolute atomic E-state index is 10.1. The van der Waals surface area contributed by atoms with E-state index in [1.54, 1.807) is 26.4 Å². The number of fused-ring (bicyclic) bond motifs is 2. The SMILES string of the molecule is COc1c[c-]c2c(c1)N(C)c1cc(OC)ccc1[C@]2(c1ccccn1)c1cccc(-c2[c-]cccc2)n1.O=C(O)c1ccccn1.[Ir]. The largest absolute Gasteiger partial charge is 0.554 e. The third-order valence-electron chi connectivity index (χ3n) is 7.89. The van der Waals surface area contributed by atoms with Crippen molar-refractivity contribution in [3.8, 4) is 22.8 Å². The van der Waals surface area contributed by atoms with Crippen molar-refractivity contribution < 1.29 is 39.5 Å². The van der Waals surface area contributed by atoms with E-state index in [2.05, 4.69) is 53.3 Å². The molecule has 47 heavy (non-hydrogen) atoms. The molecule has 0 aliphatic carbocycles. The zero-order chi connectivity index (χ0) is 32.1. The van der Waals surface area contributed by atoms with Crippen LogP contribution in [0.2, 0.25) is 0 Å². The summed E-state index contributed by atoms with van der Waals surface area (Å²) in [6, 6.07) is 41.8. The number of ether oxygens (including phenoxy) is 2. The van der Waals surface area contributed by atoms with E-state index < -0.39 is 11.4 Å². The Bertz CT molecular complexity index is 1920. The number of aromatic carboxylic acids is 1. The maximum atomic E-state index is 10.1. The van der Waals surface area contributed by atoms with Crippen LogP contribution in [0, 0.1) is 12.1 Å². The number of hydrogen-bond donors (Lipinski definition) is 1. The van der Waals surface area contributed by atoms with Gasteiger partial charge in [0.25, 0.3) is 0 Å². The van der Waals surface area contributed by atoms with Gasteiger partial charge in [-0.1, -0.05) is 36.0 Å². The molecule has 8 nitrogen and oxygen atoms in total. The van der Waals surface area contributed by atoms with E-state index in [4.69, 9.17) is 24.5 Å². The van der Waals surface area contributed by atoms with Gasteiger partial charge in [0.15, 0.2) is 0 Å². The van der Waals surface area contributed by atoms with Crippen molar-refractivity contribution in [2.24, 2.45) is 0 Å². The standard InChI is InChI=1S/C32H25N3O2.C6H5NO2.Ir/c1-35-28-20-23(36-2)15-17-25(28)32(30-13-7-8-19-33-30,26-18-16-24(37-3)21-29(26)35)31-14-9-12-27(34-31)22-10-5-4-6-11-22;8-6(9)5-3-1-2-4-7-5;/h4-10,12-17,19-21H,1-3H3;1-4H,(H,8,9);/q-2;;/t32-;;/m0../s1. The summed E-state index contributed by atoms with van der Waals surface area (Å²) in [4.78, 5) is 26.0. The first-order chi connectivity index (χ1) is 22.5. The van der Waals surface area contributed by atoms with Gasteiger partial charge in [-0.15, -0.1) is 53.6 Å². The van der Waals surface area contributed by atoms with Gasteiger partial charge in [0.2, 0.25) is 0 Å². The number of anilines is 2. The van der Waals surface area contributed by atoms with E-state index in [1.807, 2.05) is 72.9 Å². The van der Waals surface area contributed by atoms with Crippen LogP contribution < -0.4 is 14.4 Å². The number of carboxylic acid groups (broad SMARTS) is 1. The predicted molar refractivity (Wildman–Crippen MR) is 176 cm³/mol. The Labute approximate surface area is 287 Å². The van der Waals surface area contributed by atoms with Crippen molar-refractivity contribution in [1.82, 2.24) is 15.0 Å². The Balaban J connectivity index is 0.000000377. The van der Waals surface area contributed by atoms with Crippen molar-refractivity contribution in [3.05, 3.63) is 162 Å². The number of aromatic nitrogens is 3. The van der Waals surface area contributed by atoms with Gasteiger partial charge in [0.05, 0.1) is 25.3 Å². The molecule has 1 N–H and O–H groups in total. The molecule has 4 heterocycles. The molecule has 0 saturated carbocycles. The smallest absolute Gasteiger partial charge is 0.354 e. The van der Waals surface area contributed by atoms with Gasteiger partial charge in [0, 0.05) is 55.7 Å². The number of carboxylic acids is 1. The molecule has 1 radical (unpaired) electrons. The van der Waals surface area contributed by atoms with E-state index in [9.17, 15) is 4.79 Å². The zero-order valence-electron chi connectivity index (χ0n) is 25.8. The second-order valence-electron chi connectivity index (χ2n) is 10.4.